The average molecular weight is 302 g/mol. The summed E-state index contributed by atoms with van der Waals surface area (Å²) in [5.74, 6) is 5.22. The number of rotatable bonds is 2. The molecule has 5 atom stereocenters. The van der Waals surface area contributed by atoms with Crippen molar-refractivity contribution in [1.29, 1.82) is 0 Å². The number of carbonyl (C=O) groups is 1. The monoisotopic (exact) mass is 302 g/mol. The first kappa shape index (κ1) is 14.1. The standard InChI is InChI=1S/C11H18N4O4S/c1-15(12)11-14-5-6(16)7(17)8(19-10(5)20-11)9(18)13-4-2-3-4/h4-8,10,16-17H,2-3,12H2,1H3,(H,13,18)/t5-,6-,7+,8+,10-/m1/s1. The first-order valence-electron chi connectivity index (χ1n) is 6.52. The summed E-state index contributed by atoms with van der Waals surface area (Å²) < 4.78 is 5.61. The molecule has 0 aromatic rings. The van der Waals surface area contributed by atoms with Gasteiger partial charge in [-0.15, -0.1) is 0 Å². The fourth-order valence-electron chi connectivity index (χ4n) is 2.25. The number of carbonyl (C=O) groups excluding carboxylic acids is 1. The van der Waals surface area contributed by atoms with E-state index in [4.69, 9.17) is 10.6 Å². The van der Waals surface area contributed by atoms with Crippen molar-refractivity contribution < 1.29 is 19.7 Å². The molecule has 9 heteroatoms. The largest absolute Gasteiger partial charge is 0.388 e. The fraction of sp³-hybridized carbons (Fsp3) is 0.818. The smallest absolute Gasteiger partial charge is 0.252 e. The number of nitrogens with zero attached hydrogens (tertiary/aromatic N) is 2. The molecule has 112 valence electrons. The minimum absolute atomic E-state index is 0.173. The zero-order chi connectivity index (χ0) is 14.4. The predicted octanol–water partition coefficient (Wildman–Crippen LogP) is -2.01. The van der Waals surface area contributed by atoms with Gasteiger partial charge in [0.1, 0.15) is 23.7 Å². The fourth-order valence-corrected chi connectivity index (χ4v) is 3.34. The van der Waals surface area contributed by atoms with Gasteiger partial charge in [-0.1, -0.05) is 11.8 Å². The molecule has 5 N–H and O–H groups in total. The number of hydrazine groups is 1. The number of aliphatic imine (C=N–C) groups is 1. The van der Waals surface area contributed by atoms with Crippen LogP contribution in [0.2, 0.25) is 0 Å². The maximum absolute atomic E-state index is 12.0. The number of aliphatic hydroxyl groups is 2. The normalized spacial score (nSPS) is 40.0. The number of amidine groups is 1. The number of nitrogens with two attached hydrogens (primary N) is 1. The Morgan fingerprint density at radius 3 is 2.80 bits per heavy atom. The molecule has 0 aromatic carbocycles. The molecule has 1 saturated heterocycles. The van der Waals surface area contributed by atoms with Crippen LogP contribution in [0.25, 0.3) is 0 Å². The zero-order valence-corrected chi connectivity index (χ0v) is 11.8. The molecule has 20 heavy (non-hydrogen) atoms. The molecule has 1 aliphatic carbocycles. The second-order valence-corrected chi connectivity index (χ2v) is 6.39. The molecule has 1 amide bonds. The van der Waals surface area contributed by atoms with E-state index < -0.39 is 29.8 Å². The highest BCUT2D eigenvalue weighted by Gasteiger charge is 2.51. The van der Waals surface area contributed by atoms with Crippen molar-refractivity contribution >= 4 is 22.8 Å². The lowest BCUT2D eigenvalue weighted by atomic mass is 9.98. The van der Waals surface area contributed by atoms with Crippen molar-refractivity contribution in [2.75, 3.05) is 7.05 Å². The van der Waals surface area contributed by atoms with Crippen LogP contribution in [-0.2, 0) is 9.53 Å². The van der Waals surface area contributed by atoms with Crippen LogP contribution in [0.5, 0.6) is 0 Å². The highest BCUT2D eigenvalue weighted by Crippen LogP contribution is 2.37. The van der Waals surface area contributed by atoms with E-state index in [0.717, 1.165) is 12.8 Å². The molecule has 2 heterocycles. The Bertz CT molecular complexity index is 442. The minimum Gasteiger partial charge on any atom is -0.388 e. The maximum Gasteiger partial charge on any atom is 0.252 e. The number of fused-ring (bicyclic) bond motifs is 1. The summed E-state index contributed by atoms with van der Waals surface area (Å²) in [5, 5.41) is 24.8. The lowest BCUT2D eigenvalue weighted by Crippen LogP contribution is -2.59. The van der Waals surface area contributed by atoms with Crippen LogP contribution in [0, 0.1) is 0 Å². The molecular formula is C11H18N4O4S. The molecule has 1 saturated carbocycles. The molecule has 2 fully saturated rings. The Kier molecular flexibility index (Phi) is 3.63. The zero-order valence-electron chi connectivity index (χ0n) is 11.0. The minimum atomic E-state index is -1.29. The second-order valence-electron chi connectivity index (χ2n) is 5.32. The maximum atomic E-state index is 12.0. The topological polar surface area (TPSA) is 120 Å². The van der Waals surface area contributed by atoms with Crippen LogP contribution < -0.4 is 11.2 Å². The number of hydrogen-bond donors (Lipinski definition) is 4. The van der Waals surface area contributed by atoms with E-state index in [9.17, 15) is 15.0 Å². The van der Waals surface area contributed by atoms with Crippen LogP contribution in [0.15, 0.2) is 4.99 Å². The van der Waals surface area contributed by atoms with Crippen molar-refractivity contribution in [2.24, 2.45) is 10.8 Å². The Hall–Kier alpha value is -0.870. The van der Waals surface area contributed by atoms with E-state index in [-0.39, 0.29) is 11.9 Å². The van der Waals surface area contributed by atoms with Crippen LogP contribution >= 0.6 is 11.8 Å². The summed E-state index contributed by atoms with van der Waals surface area (Å²) in [5.41, 5.74) is -0.510. The van der Waals surface area contributed by atoms with Crippen LogP contribution in [-0.4, -0.2) is 69.2 Å². The van der Waals surface area contributed by atoms with E-state index in [1.54, 1.807) is 7.05 Å². The van der Waals surface area contributed by atoms with Crippen LogP contribution in [0.3, 0.4) is 0 Å². The molecule has 2 aliphatic heterocycles. The Morgan fingerprint density at radius 1 is 1.50 bits per heavy atom. The highest BCUT2D eigenvalue weighted by atomic mass is 32.2. The van der Waals surface area contributed by atoms with Gasteiger partial charge in [0.25, 0.3) is 5.91 Å². The van der Waals surface area contributed by atoms with Crippen LogP contribution in [0.4, 0.5) is 0 Å². The Labute approximate surface area is 120 Å². The molecule has 3 rings (SSSR count). The number of nitrogens with one attached hydrogen (secondary N) is 1. The highest BCUT2D eigenvalue weighted by molar-refractivity contribution is 8.14. The number of ether oxygens (including phenoxy) is 1. The third-order valence-electron chi connectivity index (χ3n) is 3.53. The van der Waals surface area contributed by atoms with Gasteiger partial charge in [0, 0.05) is 13.1 Å². The molecule has 0 radical (unpaired) electrons. The van der Waals surface area contributed by atoms with Gasteiger partial charge in [-0.2, -0.15) is 0 Å². The van der Waals surface area contributed by atoms with Crippen molar-refractivity contribution in [1.82, 2.24) is 10.3 Å². The third kappa shape index (κ3) is 2.51. The SMILES string of the molecule is CN(N)C1=N[C@@H]2[C@@H](O)[C@H](O)[C@@H](C(=O)NC3CC3)O[C@@H]2S1. The third-order valence-corrected chi connectivity index (χ3v) is 4.76. The Balaban J connectivity index is 1.71. The average Bonchev–Trinajstić information content (AvgIpc) is 3.09. The van der Waals surface area contributed by atoms with Gasteiger partial charge in [-0.25, -0.2) is 5.84 Å². The van der Waals surface area contributed by atoms with Crippen molar-refractivity contribution in [3.63, 3.8) is 0 Å². The Morgan fingerprint density at radius 2 is 2.20 bits per heavy atom. The first-order valence-corrected chi connectivity index (χ1v) is 7.40. The molecule has 3 aliphatic rings. The number of thioether (sulfide) groups is 1. The summed E-state index contributed by atoms with van der Waals surface area (Å²) in [7, 11) is 1.63. The molecule has 0 unspecified atom stereocenters. The van der Waals surface area contributed by atoms with Gasteiger partial charge in [0.2, 0.25) is 0 Å². The lowest BCUT2D eigenvalue weighted by molar-refractivity contribution is -0.171. The van der Waals surface area contributed by atoms with Gasteiger partial charge in [-0.05, 0) is 12.8 Å². The molecule has 0 bridgehead atoms. The van der Waals surface area contributed by atoms with Gasteiger partial charge in [0.05, 0.1) is 0 Å². The molecule has 0 aromatic heterocycles. The van der Waals surface area contributed by atoms with Crippen molar-refractivity contribution in [2.45, 2.75) is 48.7 Å². The van der Waals surface area contributed by atoms with Gasteiger partial charge in [-0.3, -0.25) is 14.8 Å². The van der Waals surface area contributed by atoms with E-state index in [1.165, 1.54) is 16.8 Å². The summed E-state index contributed by atoms with van der Waals surface area (Å²) in [6.45, 7) is 0. The molecule has 0 spiro atoms. The van der Waals surface area contributed by atoms with E-state index in [0.29, 0.717) is 5.17 Å². The van der Waals surface area contributed by atoms with E-state index in [1.807, 2.05) is 0 Å². The van der Waals surface area contributed by atoms with E-state index >= 15 is 0 Å². The van der Waals surface area contributed by atoms with E-state index in [2.05, 4.69) is 10.3 Å². The van der Waals surface area contributed by atoms with Gasteiger partial charge < -0.3 is 20.3 Å². The molecule has 8 nitrogen and oxygen atoms in total. The van der Waals surface area contributed by atoms with Gasteiger partial charge >= 0.3 is 0 Å². The quantitative estimate of drug-likeness (QED) is 0.343. The van der Waals surface area contributed by atoms with Gasteiger partial charge in [0.15, 0.2) is 11.3 Å². The number of amides is 1. The summed E-state index contributed by atoms with van der Waals surface area (Å²) in [4.78, 5) is 16.2. The lowest BCUT2D eigenvalue weighted by Gasteiger charge is -2.37. The number of aliphatic hydroxyl groups excluding tert-OH is 2. The summed E-state index contributed by atoms with van der Waals surface area (Å²) in [6, 6.07) is -0.438. The molecular weight excluding hydrogens is 284 g/mol. The summed E-state index contributed by atoms with van der Waals surface area (Å²) >= 11 is 1.24. The predicted molar refractivity (Wildman–Crippen MR) is 72.6 cm³/mol. The first-order chi connectivity index (χ1) is 9.47. The number of hydrogen-bond acceptors (Lipinski definition) is 8. The van der Waals surface area contributed by atoms with Crippen molar-refractivity contribution in [3.05, 3.63) is 0 Å². The van der Waals surface area contributed by atoms with Crippen LogP contribution in [0.1, 0.15) is 12.8 Å². The van der Waals surface area contributed by atoms with Crippen molar-refractivity contribution in [3.8, 4) is 0 Å². The second kappa shape index (κ2) is 5.15. The summed E-state index contributed by atoms with van der Waals surface area (Å²) in [6.07, 6.45) is -1.61.